The first-order chi connectivity index (χ1) is 8.24. The molecule has 1 aliphatic heterocycles. The molecule has 5 nitrogen and oxygen atoms in total. The summed E-state index contributed by atoms with van der Waals surface area (Å²) in [7, 11) is -0.618. The highest BCUT2D eigenvalue weighted by molar-refractivity contribution is 7.85. The number of aliphatic hydroxyl groups excluding tert-OH is 1. The summed E-state index contributed by atoms with van der Waals surface area (Å²) >= 11 is 0. The third-order valence-electron chi connectivity index (χ3n) is 2.99. The summed E-state index contributed by atoms with van der Waals surface area (Å²) in [6.07, 6.45) is 5.01. The van der Waals surface area contributed by atoms with Crippen LogP contribution in [0.1, 0.15) is 12.8 Å². The Balaban J connectivity index is 1.66. The van der Waals surface area contributed by atoms with Crippen LogP contribution in [0.2, 0.25) is 0 Å². The predicted octanol–water partition coefficient (Wildman–Crippen LogP) is -0.255. The lowest BCUT2D eigenvalue weighted by Gasteiger charge is -2.24. The van der Waals surface area contributed by atoms with Crippen molar-refractivity contribution in [2.45, 2.75) is 31.5 Å². The van der Waals surface area contributed by atoms with Crippen molar-refractivity contribution in [3.8, 4) is 0 Å². The van der Waals surface area contributed by atoms with Gasteiger partial charge in [0, 0.05) is 47.3 Å². The maximum absolute atomic E-state index is 11.2. The second-order valence-corrected chi connectivity index (χ2v) is 6.11. The fraction of sp³-hybridized carbons (Fsp3) is 0.727. The highest BCUT2D eigenvalue weighted by Gasteiger charge is 2.18. The van der Waals surface area contributed by atoms with Gasteiger partial charge in [0.05, 0.1) is 12.6 Å². The Morgan fingerprint density at radius 1 is 1.53 bits per heavy atom. The van der Waals surface area contributed by atoms with Gasteiger partial charge in [0.25, 0.3) is 0 Å². The summed E-state index contributed by atoms with van der Waals surface area (Å²) in [5.74, 6) is 1.57. The maximum atomic E-state index is 11.2. The average molecular weight is 257 g/mol. The van der Waals surface area contributed by atoms with Gasteiger partial charge in [0.2, 0.25) is 0 Å². The van der Waals surface area contributed by atoms with Crippen molar-refractivity contribution in [2.24, 2.45) is 0 Å². The van der Waals surface area contributed by atoms with Crippen LogP contribution in [0.3, 0.4) is 0 Å². The van der Waals surface area contributed by atoms with E-state index in [4.69, 9.17) is 0 Å². The molecule has 0 spiro atoms. The van der Waals surface area contributed by atoms with Gasteiger partial charge >= 0.3 is 0 Å². The summed E-state index contributed by atoms with van der Waals surface area (Å²) in [5.41, 5.74) is 0. The number of rotatable bonds is 5. The molecule has 0 radical (unpaired) electrons. The molecular formula is C11H19N3O2S. The van der Waals surface area contributed by atoms with Gasteiger partial charge in [-0.1, -0.05) is 0 Å². The quantitative estimate of drug-likeness (QED) is 0.763. The fourth-order valence-electron chi connectivity index (χ4n) is 1.99. The molecule has 1 saturated heterocycles. The average Bonchev–Trinajstić information content (AvgIpc) is 2.81. The molecule has 6 heteroatoms. The highest BCUT2D eigenvalue weighted by Crippen LogP contribution is 2.08. The predicted molar refractivity (Wildman–Crippen MR) is 67.1 cm³/mol. The van der Waals surface area contributed by atoms with E-state index in [9.17, 15) is 9.32 Å². The Morgan fingerprint density at radius 3 is 2.94 bits per heavy atom. The van der Waals surface area contributed by atoms with E-state index in [-0.39, 0.29) is 0 Å². The number of aromatic nitrogens is 2. The summed E-state index contributed by atoms with van der Waals surface area (Å²) < 4.78 is 12.9. The van der Waals surface area contributed by atoms with Crippen LogP contribution < -0.4 is 5.32 Å². The van der Waals surface area contributed by atoms with Gasteiger partial charge in [-0.15, -0.1) is 0 Å². The smallest absolute Gasteiger partial charge is 0.0860 e. The van der Waals surface area contributed by atoms with Gasteiger partial charge in [-0.2, -0.15) is 5.10 Å². The molecule has 2 N–H and O–H groups in total. The minimum atomic E-state index is -0.618. The Bertz CT molecular complexity index is 346. The van der Waals surface area contributed by atoms with Crippen molar-refractivity contribution in [1.29, 1.82) is 0 Å². The SMILES string of the molecule is O=S1CCC(NCC(O)Cn2cccn2)CC1. The summed E-state index contributed by atoms with van der Waals surface area (Å²) in [5, 5.41) is 17.2. The van der Waals surface area contributed by atoms with E-state index >= 15 is 0 Å². The molecule has 17 heavy (non-hydrogen) atoms. The molecule has 0 amide bonds. The van der Waals surface area contributed by atoms with Crippen LogP contribution >= 0.6 is 0 Å². The van der Waals surface area contributed by atoms with Crippen molar-refractivity contribution in [1.82, 2.24) is 15.1 Å². The third-order valence-corrected chi connectivity index (χ3v) is 4.37. The van der Waals surface area contributed by atoms with E-state index in [0.29, 0.717) is 19.1 Å². The van der Waals surface area contributed by atoms with E-state index in [0.717, 1.165) is 24.3 Å². The van der Waals surface area contributed by atoms with Crippen LogP contribution in [0.5, 0.6) is 0 Å². The topological polar surface area (TPSA) is 67.2 Å². The van der Waals surface area contributed by atoms with Crippen molar-refractivity contribution in [2.75, 3.05) is 18.1 Å². The van der Waals surface area contributed by atoms with Gasteiger partial charge in [0.15, 0.2) is 0 Å². The summed E-state index contributed by atoms with van der Waals surface area (Å²) in [6, 6.07) is 2.25. The Kier molecular flexibility index (Phi) is 4.70. The normalized spacial score (nSPS) is 26.9. The monoisotopic (exact) mass is 257 g/mol. The van der Waals surface area contributed by atoms with Crippen LogP contribution in [0.15, 0.2) is 18.5 Å². The van der Waals surface area contributed by atoms with E-state index in [1.807, 2.05) is 12.3 Å². The minimum Gasteiger partial charge on any atom is -0.390 e. The van der Waals surface area contributed by atoms with E-state index in [2.05, 4.69) is 10.4 Å². The molecule has 96 valence electrons. The fourth-order valence-corrected chi connectivity index (χ4v) is 3.29. The van der Waals surface area contributed by atoms with Gasteiger partial charge in [-0.3, -0.25) is 8.89 Å². The summed E-state index contributed by atoms with van der Waals surface area (Å²) in [6.45, 7) is 1.08. The largest absolute Gasteiger partial charge is 0.390 e. The van der Waals surface area contributed by atoms with Gasteiger partial charge < -0.3 is 10.4 Å². The summed E-state index contributed by atoms with van der Waals surface area (Å²) in [4.78, 5) is 0. The molecule has 1 aliphatic rings. The molecule has 1 unspecified atom stereocenters. The van der Waals surface area contributed by atoms with Crippen molar-refractivity contribution < 1.29 is 9.32 Å². The van der Waals surface area contributed by atoms with Crippen LogP contribution in [-0.4, -0.2) is 49.3 Å². The van der Waals surface area contributed by atoms with Gasteiger partial charge in [-0.25, -0.2) is 0 Å². The lowest BCUT2D eigenvalue weighted by Crippen LogP contribution is -2.40. The second kappa shape index (κ2) is 6.28. The standard InChI is InChI=1S/C11H19N3O2S/c15-11(9-14-5-1-4-13-14)8-12-10-2-6-17(16)7-3-10/h1,4-5,10-12,15H,2-3,6-9H2. The van der Waals surface area contributed by atoms with Crippen molar-refractivity contribution in [3.63, 3.8) is 0 Å². The molecule has 0 saturated carbocycles. The third kappa shape index (κ3) is 4.22. The zero-order valence-corrected chi connectivity index (χ0v) is 10.6. The molecule has 0 bridgehead atoms. The number of nitrogens with one attached hydrogen (secondary N) is 1. The lowest BCUT2D eigenvalue weighted by atomic mass is 10.1. The minimum absolute atomic E-state index is 0.403. The Hall–Kier alpha value is -0.720. The Labute approximate surface area is 104 Å². The number of nitrogens with zero attached hydrogens (tertiary/aromatic N) is 2. The van der Waals surface area contributed by atoms with E-state index in [1.54, 1.807) is 10.9 Å². The molecule has 1 atom stereocenters. The van der Waals surface area contributed by atoms with Crippen LogP contribution in [-0.2, 0) is 17.3 Å². The van der Waals surface area contributed by atoms with Crippen LogP contribution in [0.25, 0.3) is 0 Å². The zero-order valence-electron chi connectivity index (χ0n) is 9.79. The molecule has 2 heterocycles. The maximum Gasteiger partial charge on any atom is 0.0860 e. The molecule has 0 aromatic carbocycles. The first-order valence-corrected chi connectivity index (χ1v) is 7.46. The number of hydrogen-bond acceptors (Lipinski definition) is 4. The molecule has 2 rings (SSSR count). The second-order valence-electron chi connectivity index (χ2n) is 4.41. The number of hydrogen-bond donors (Lipinski definition) is 2. The van der Waals surface area contributed by atoms with Crippen molar-refractivity contribution in [3.05, 3.63) is 18.5 Å². The van der Waals surface area contributed by atoms with Crippen molar-refractivity contribution >= 4 is 10.8 Å². The molecule has 1 fully saturated rings. The zero-order chi connectivity index (χ0) is 12.1. The van der Waals surface area contributed by atoms with Gasteiger partial charge in [-0.05, 0) is 18.9 Å². The molecule has 1 aromatic heterocycles. The lowest BCUT2D eigenvalue weighted by molar-refractivity contribution is 0.142. The first-order valence-electron chi connectivity index (χ1n) is 5.98. The van der Waals surface area contributed by atoms with Gasteiger partial charge in [0.1, 0.15) is 0 Å². The van der Waals surface area contributed by atoms with Crippen LogP contribution in [0, 0.1) is 0 Å². The van der Waals surface area contributed by atoms with E-state index in [1.165, 1.54) is 0 Å². The first kappa shape index (κ1) is 12.7. The molecule has 1 aromatic rings. The molecule has 0 aliphatic carbocycles. The Morgan fingerprint density at radius 2 is 2.29 bits per heavy atom. The highest BCUT2D eigenvalue weighted by atomic mass is 32.2. The number of aliphatic hydroxyl groups is 1. The molecular weight excluding hydrogens is 238 g/mol. The van der Waals surface area contributed by atoms with Crippen LogP contribution in [0.4, 0.5) is 0 Å². The van der Waals surface area contributed by atoms with E-state index < -0.39 is 16.9 Å².